The van der Waals surface area contributed by atoms with Crippen molar-refractivity contribution in [2.75, 3.05) is 19.8 Å². The molecule has 0 unspecified atom stereocenters. The maximum Gasteiger partial charge on any atom is 0.107 e. The fraction of sp³-hybridized carbons (Fsp3) is 0.833. The Bertz CT molecular complexity index is 285. The summed E-state index contributed by atoms with van der Waals surface area (Å²) in [6, 6.07) is 0.768. The van der Waals surface area contributed by atoms with Gasteiger partial charge >= 0.3 is 0 Å². The van der Waals surface area contributed by atoms with Gasteiger partial charge in [0.15, 0.2) is 0 Å². The van der Waals surface area contributed by atoms with Gasteiger partial charge in [-0.15, -0.1) is 6.42 Å². The Labute approximate surface area is 103 Å². The third-order valence-electron chi connectivity index (χ3n) is 3.00. The maximum absolute atomic E-state index is 8.34. The van der Waals surface area contributed by atoms with Gasteiger partial charge in [0.05, 0.1) is 0 Å². The molecule has 1 aliphatic carbocycles. The van der Waals surface area contributed by atoms with Gasteiger partial charge in [-0.25, -0.2) is 0 Å². The number of azide groups is 1. The summed E-state index contributed by atoms with van der Waals surface area (Å²) in [5, 5.41) is 7.26. The van der Waals surface area contributed by atoms with E-state index in [0.717, 1.165) is 38.6 Å². The Morgan fingerprint density at radius 3 is 2.82 bits per heavy atom. The fourth-order valence-electron chi connectivity index (χ4n) is 2.08. The first-order valence-electron chi connectivity index (χ1n) is 6.15. The second-order valence-corrected chi connectivity index (χ2v) is 4.27. The van der Waals surface area contributed by atoms with Gasteiger partial charge in [0.2, 0.25) is 0 Å². The van der Waals surface area contributed by atoms with Gasteiger partial charge in [-0.1, -0.05) is 11.0 Å². The normalized spacial score (nSPS) is 23.7. The van der Waals surface area contributed by atoms with Crippen LogP contribution in [-0.2, 0) is 4.74 Å². The van der Waals surface area contributed by atoms with Crippen LogP contribution in [0.15, 0.2) is 5.11 Å². The van der Waals surface area contributed by atoms with Gasteiger partial charge in [-0.3, -0.25) is 0 Å². The topological polar surface area (TPSA) is 70.0 Å². The Morgan fingerprint density at radius 1 is 1.41 bits per heavy atom. The lowest BCUT2D eigenvalue weighted by molar-refractivity contribution is 0.162. The van der Waals surface area contributed by atoms with E-state index < -0.39 is 0 Å². The van der Waals surface area contributed by atoms with Crippen molar-refractivity contribution < 1.29 is 4.74 Å². The summed E-state index contributed by atoms with van der Waals surface area (Å²) >= 11 is 0. The molecule has 0 saturated heterocycles. The summed E-state index contributed by atoms with van der Waals surface area (Å²) in [5.74, 6) is 2.44. The molecule has 0 atom stereocenters. The predicted octanol–water partition coefficient (Wildman–Crippen LogP) is 2.24. The van der Waals surface area contributed by atoms with Crippen LogP contribution in [0, 0.1) is 12.3 Å². The minimum atomic E-state index is 0.206. The molecule has 0 aromatic carbocycles. The molecule has 5 nitrogen and oxygen atoms in total. The van der Waals surface area contributed by atoms with Crippen molar-refractivity contribution in [2.24, 2.45) is 5.11 Å². The van der Waals surface area contributed by atoms with E-state index in [9.17, 15) is 0 Å². The molecule has 0 radical (unpaired) electrons. The maximum atomic E-state index is 8.34. The number of hydrogen-bond acceptors (Lipinski definition) is 3. The molecule has 94 valence electrons. The highest BCUT2D eigenvalue weighted by atomic mass is 16.5. The number of ether oxygens (including phenoxy) is 1. The van der Waals surface area contributed by atoms with Crippen molar-refractivity contribution in [3.8, 4) is 12.3 Å². The number of terminal acetylenes is 1. The first-order chi connectivity index (χ1) is 8.36. The molecule has 1 saturated carbocycles. The Hall–Kier alpha value is -1.21. The van der Waals surface area contributed by atoms with Crippen LogP contribution in [0.3, 0.4) is 0 Å². The SMILES string of the molecule is C#CCOCCCNC1CCC(N=[N+]=[N-])CC1. The van der Waals surface area contributed by atoms with Gasteiger partial charge < -0.3 is 10.1 Å². The van der Waals surface area contributed by atoms with Crippen LogP contribution in [0.2, 0.25) is 0 Å². The van der Waals surface area contributed by atoms with Crippen LogP contribution in [0.25, 0.3) is 10.4 Å². The average Bonchev–Trinajstić information content (AvgIpc) is 2.36. The van der Waals surface area contributed by atoms with Crippen LogP contribution in [0.1, 0.15) is 32.1 Å². The van der Waals surface area contributed by atoms with Crippen LogP contribution in [0.5, 0.6) is 0 Å². The zero-order chi connectivity index (χ0) is 12.3. The molecular formula is C12H20N4O. The standard InChI is InChI=1S/C12H20N4O/c1-2-9-17-10-3-8-14-11-4-6-12(7-5-11)15-16-13/h1,11-12,14H,3-10H2. The van der Waals surface area contributed by atoms with Crippen molar-refractivity contribution in [1.82, 2.24) is 5.32 Å². The fourth-order valence-corrected chi connectivity index (χ4v) is 2.08. The van der Waals surface area contributed by atoms with Crippen LogP contribution >= 0.6 is 0 Å². The second kappa shape index (κ2) is 8.89. The molecule has 0 heterocycles. The molecular weight excluding hydrogens is 216 g/mol. The van der Waals surface area contributed by atoms with Crippen molar-refractivity contribution in [1.29, 1.82) is 0 Å². The smallest absolute Gasteiger partial charge is 0.107 e. The van der Waals surface area contributed by atoms with Crippen LogP contribution in [-0.4, -0.2) is 31.8 Å². The van der Waals surface area contributed by atoms with E-state index in [1.54, 1.807) is 0 Å². The summed E-state index contributed by atoms with van der Waals surface area (Å²) in [6.45, 7) is 2.07. The van der Waals surface area contributed by atoms with Crippen molar-refractivity contribution in [3.63, 3.8) is 0 Å². The van der Waals surface area contributed by atoms with Gasteiger partial charge in [-0.05, 0) is 44.2 Å². The van der Waals surface area contributed by atoms with E-state index in [1.165, 1.54) is 0 Å². The lowest BCUT2D eigenvalue weighted by atomic mass is 9.92. The van der Waals surface area contributed by atoms with Gasteiger partial charge in [0, 0.05) is 23.6 Å². The molecule has 1 N–H and O–H groups in total. The zero-order valence-electron chi connectivity index (χ0n) is 10.1. The van der Waals surface area contributed by atoms with Crippen LogP contribution < -0.4 is 5.32 Å². The molecule has 17 heavy (non-hydrogen) atoms. The van der Waals surface area contributed by atoms with E-state index in [2.05, 4.69) is 21.3 Å². The molecule has 0 amide bonds. The Balaban J connectivity index is 1.99. The van der Waals surface area contributed by atoms with Crippen molar-refractivity contribution in [2.45, 2.75) is 44.2 Å². The third kappa shape index (κ3) is 6.18. The monoisotopic (exact) mass is 236 g/mol. The van der Waals surface area contributed by atoms with Gasteiger partial charge in [-0.2, -0.15) is 0 Å². The molecule has 0 bridgehead atoms. The molecule has 0 spiro atoms. The van der Waals surface area contributed by atoms with E-state index in [0.29, 0.717) is 19.3 Å². The molecule has 1 rings (SSSR count). The minimum absolute atomic E-state index is 0.206. The largest absolute Gasteiger partial charge is 0.369 e. The average molecular weight is 236 g/mol. The summed E-state index contributed by atoms with van der Waals surface area (Å²) in [5.41, 5.74) is 8.34. The van der Waals surface area contributed by atoms with E-state index in [1.807, 2.05) is 0 Å². The number of rotatable bonds is 7. The van der Waals surface area contributed by atoms with Gasteiger partial charge in [0.1, 0.15) is 6.61 Å². The van der Waals surface area contributed by atoms with E-state index >= 15 is 0 Å². The lowest BCUT2D eigenvalue weighted by Gasteiger charge is -2.26. The molecule has 0 aromatic heterocycles. The van der Waals surface area contributed by atoms with E-state index in [4.69, 9.17) is 16.7 Å². The van der Waals surface area contributed by atoms with Crippen LogP contribution in [0.4, 0.5) is 0 Å². The van der Waals surface area contributed by atoms with Crippen molar-refractivity contribution >= 4 is 0 Å². The highest BCUT2D eigenvalue weighted by Gasteiger charge is 2.19. The highest BCUT2D eigenvalue weighted by Crippen LogP contribution is 2.21. The Morgan fingerprint density at radius 2 is 2.18 bits per heavy atom. The Kier molecular flexibility index (Phi) is 7.24. The summed E-state index contributed by atoms with van der Waals surface area (Å²) in [4.78, 5) is 2.86. The lowest BCUT2D eigenvalue weighted by Crippen LogP contribution is -2.35. The summed E-state index contributed by atoms with van der Waals surface area (Å²) in [7, 11) is 0. The molecule has 1 aliphatic rings. The van der Waals surface area contributed by atoms with E-state index in [-0.39, 0.29) is 6.04 Å². The number of nitrogens with zero attached hydrogens (tertiary/aromatic N) is 3. The van der Waals surface area contributed by atoms with Crippen molar-refractivity contribution in [3.05, 3.63) is 10.4 Å². The molecule has 1 fully saturated rings. The summed E-state index contributed by atoms with van der Waals surface area (Å²) < 4.78 is 5.19. The minimum Gasteiger partial charge on any atom is -0.369 e. The number of nitrogens with one attached hydrogen (secondary N) is 1. The quantitative estimate of drug-likeness (QED) is 0.242. The second-order valence-electron chi connectivity index (χ2n) is 4.27. The molecule has 5 heteroatoms. The predicted molar refractivity (Wildman–Crippen MR) is 67.5 cm³/mol. The molecule has 0 aliphatic heterocycles. The van der Waals surface area contributed by atoms with Gasteiger partial charge in [0.25, 0.3) is 0 Å². The number of hydrogen-bond donors (Lipinski definition) is 1. The zero-order valence-corrected chi connectivity index (χ0v) is 10.1. The molecule has 0 aromatic rings. The highest BCUT2D eigenvalue weighted by molar-refractivity contribution is 4.83. The summed E-state index contributed by atoms with van der Waals surface area (Å²) in [6.07, 6.45) is 10.2. The first-order valence-corrected chi connectivity index (χ1v) is 6.15. The first kappa shape index (κ1) is 13.9. The third-order valence-corrected chi connectivity index (χ3v) is 3.00.